The fraction of sp³-hybridized carbons (Fsp3) is 0.471. The van der Waals surface area contributed by atoms with Crippen molar-refractivity contribution in [2.45, 2.75) is 40.7 Å². The van der Waals surface area contributed by atoms with Crippen LogP contribution in [0.25, 0.3) is 0 Å². The number of rotatable bonds is 5. The van der Waals surface area contributed by atoms with Crippen LogP contribution in [0, 0.1) is 11.8 Å². The fourth-order valence-corrected chi connectivity index (χ4v) is 3.55. The summed E-state index contributed by atoms with van der Waals surface area (Å²) in [5.41, 5.74) is 2.07. The van der Waals surface area contributed by atoms with Gasteiger partial charge >= 0.3 is 0 Å². The van der Waals surface area contributed by atoms with Crippen LogP contribution in [0.4, 0.5) is 5.69 Å². The van der Waals surface area contributed by atoms with Crippen molar-refractivity contribution in [2.75, 3.05) is 0 Å². The fourth-order valence-electron chi connectivity index (χ4n) is 2.28. The predicted octanol–water partition coefficient (Wildman–Crippen LogP) is 5.94. The van der Waals surface area contributed by atoms with Gasteiger partial charge in [0.25, 0.3) is 0 Å². The number of aromatic nitrogens is 1. The van der Waals surface area contributed by atoms with Crippen molar-refractivity contribution in [1.82, 2.24) is 4.57 Å². The first-order chi connectivity index (χ1) is 10.4. The van der Waals surface area contributed by atoms with E-state index in [1.54, 1.807) is 17.4 Å². The molecule has 0 spiro atoms. The summed E-state index contributed by atoms with van der Waals surface area (Å²) in [5, 5.41) is 3.26. The van der Waals surface area contributed by atoms with Crippen LogP contribution in [0.3, 0.4) is 0 Å². The third kappa shape index (κ3) is 4.37. The Labute approximate surface area is 146 Å². The van der Waals surface area contributed by atoms with Gasteiger partial charge in [0.15, 0.2) is 4.80 Å². The lowest BCUT2D eigenvalue weighted by atomic mass is 10.1. The normalized spacial score (nSPS) is 12.6. The van der Waals surface area contributed by atoms with Gasteiger partial charge in [0.2, 0.25) is 0 Å². The zero-order valence-corrected chi connectivity index (χ0v) is 15.8. The second kappa shape index (κ2) is 7.67. The second-order valence-corrected chi connectivity index (χ2v) is 7.92. The Bertz CT molecular complexity index is 699. The molecule has 0 aliphatic rings. The molecule has 0 fully saturated rings. The molecule has 0 amide bonds. The zero-order chi connectivity index (χ0) is 16.3. The smallest absolute Gasteiger partial charge is 0.190 e. The molecule has 0 N–H and O–H groups in total. The summed E-state index contributed by atoms with van der Waals surface area (Å²) in [5.74, 6) is 1.19. The largest absolute Gasteiger partial charge is 0.321 e. The molecule has 22 heavy (non-hydrogen) atoms. The second-order valence-electron chi connectivity index (χ2n) is 6.30. The van der Waals surface area contributed by atoms with Gasteiger partial charge in [-0.05, 0) is 30.4 Å². The quantitative estimate of drug-likeness (QED) is 0.630. The highest BCUT2D eigenvalue weighted by Crippen LogP contribution is 2.31. The number of nitrogens with zero attached hydrogens (tertiary/aromatic N) is 2. The molecular weight excluding hydrogens is 335 g/mol. The third-order valence-electron chi connectivity index (χ3n) is 3.19. The van der Waals surface area contributed by atoms with Gasteiger partial charge in [-0.25, -0.2) is 4.99 Å². The van der Waals surface area contributed by atoms with Gasteiger partial charge in [-0.15, -0.1) is 11.3 Å². The molecule has 0 radical (unpaired) electrons. The molecule has 0 bridgehead atoms. The van der Waals surface area contributed by atoms with Crippen LogP contribution in [-0.2, 0) is 13.0 Å². The molecule has 5 heteroatoms. The molecule has 1 aromatic carbocycles. The SMILES string of the molecule is CC(C)Cc1csc(=Nc2cccc(Cl)c2Cl)n1CC(C)C. The summed E-state index contributed by atoms with van der Waals surface area (Å²) in [7, 11) is 0. The Kier molecular flexibility index (Phi) is 6.13. The standard InChI is InChI=1S/C17H22Cl2N2S/c1-11(2)8-13-10-22-17(21(13)9-12(3)4)20-15-7-5-6-14(18)16(15)19/h5-7,10-12H,8-9H2,1-4H3. The number of hydrogen-bond acceptors (Lipinski definition) is 2. The van der Waals surface area contributed by atoms with E-state index in [1.165, 1.54) is 5.69 Å². The Balaban J connectivity index is 2.52. The van der Waals surface area contributed by atoms with Crippen molar-refractivity contribution in [2.24, 2.45) is 16.8 Å². The van der Waals surface area contributed by atoms with Crippen molar-refractivity contribution in [1.29, 1.82) is 0 Å². The van der Waals surface area contributed by atoms with E-state index in [9.17, 15) is 0 Å². The lowest BCUT2D eigenvalue weighted by Crippen LogP contribution is -2.21. The molecule has 0 aliphatic heterocycles. The first kappa shape index (κ1) is 17.6. The lowest BCUT2D eigenvalue weighted by Gasteiger charge is -2.13. The lowest BCUT2D eigenvalue weighted by molar-refractivity contribution is 0.486. The third-order valence-corrected chi connectivity index (χ3v) is 4.91. The van der Waals surface area contributed by atoms with Gasteiger partial charge in [-0.3, -0.25) is 0 Å². The average Bonchev–Trinajstić information content (AvgIpc) is 2.76. The maximum atomic E-state index is 6.26. The van der Waals surface area contributed by atoms with Crippen molar-refractivity contribution < 1.29 is 0 Å². The van der Waals surface area contributed by atoms with Gasteiger partial charge < -0.3 is 4.57 Å². The van der Waals surface area contributed by atoms with Crippen molar-refractivity contribution >= 4 is 40.2 Å². The minimum absolute atomic E-state index is 0.513. The van der Waals surface area contributed by atoms with Gasteiger partial charge in [0.1, 0.15) is 0 Å². The molecule has 2 nitrogen and oxygen atoms in total. The van der Waals surface area contributed by atoms with Crippen LogP contribution >= 0.6 is 34.5 Å². The Morgan fingerprint density at radius 2 is 1.86 bits per heavy atom. The van der Waals surface area contributed by atoms with E-state index in [2.05, 4.69) is 37.6 Å². The number of halogens is 2. The monoisotopic (exact) mass is 356 g/mol. The molecule has 1 aromatic heterocycles. The molecular formula is C17H22Cl2N2S. The molecule has 0 saturated carbocycles. The molecule has 0 unspecified atom stereocenters. The Morgan fingerprint density at radius 3 is 2.50 bits per heavy atom. The van der Waals surface area contributed by atoms with Crippen LogP contribution in [0.15, 0.2) is 28.6 Å². The molecule has 120 valence electrons. The summed E-state index contributed by atoms with van der Waals surface area (Å²) < 4.78 is 2.31. The summed E-state index contributed by atoms with van der Waals surface area (Å²) in [6.45, 7) is 9.88. The summed E-state index contributed by atoms with van der Waals surface area (Å²) in [6, 6.07) is 5.56. The number of benzene rings is 1. The van der Waals surface area contributed by atoms with Crippen LogP contribution in [0.5, 0.6) is 0 Å². The zero-order valence-electron chi connectivity index (χ0n) is 13.4. The summed E-state index contributed by atoms with van der Waals surface area (Å²) in [6.07, 6.45) is 1.06. The number of hydrogen-bond donors (Lipinski definition) is 0. The maximum absolute atomic E-state index is 6.26. The van der Waals surface area contributed by atoms with E-state index < -0.39 is 0 Å². The molecule has 1 heterocycles. The first-order valence-electron chi connectivity index (χ1n) is 7.54. The van der Waals surface area contributed by atoms with E-state index in [1.807, 2.05) is 12.1 Å². The number of thiazole rings is 1. The Morgan fingerprint density at radius 1 is 1.14 bits per heavy atom. The van der Waals surface area contributed by atoms with E-state index in [4.69, 9.17) is 28.2 Å². The summed E-state index contributed by atoms with van der Waals surface area (Å²) in [4.78, 5) is 5.73. The van der Waals surface area contributed by atoms with E-state index in [0.29, 0.717) is 21.9 Å². The van der Waals surface area contributed by atoms with Crippen molar-refractivity contribution in [3.8, 4) is 0 Å². The van der Waals surface area contributed by atoms with E-state index in [-0.39, 0.29) is 0 Å². The maximum Gasteiger partial charge on any atom is 0.190 e. The Hall–Kier alpha value is -0.770. The summed E-state index contributed by atoms with van der Waals surface area (Å²) >= 11 is 14.0. The van der Waals surface area contributed by atoms with Crippen LogP contribution < -0.4 is 4.80 Å². The minimum atomic E-state index is 0.513. The van der Waals surface area contributed by atoms with Crippen molar-refractivity contribution in [3.05, 3.63) is 44.1 Å². The molecule has 0 atom stereocenters. The van der Waals surface area contributed by atoms with Gasteiger partial charge in [-0.1, -0.05) is 57.0 Å². The van der Waals surface area contributed by atoms with Crippen LogP contribution in [0.2, 0.25) is 10.0 Å². The van der Waals surface area contributed by atoms with Gasteiger partial charge in [0.05, 0.1) is 15.7 Å². The van der Waals surface area contributed by atoms with Gasteiger partial charge in [-0.2, -0.15) is 0 Å². The molecule has 0 saturated heterocycles. The molecule has 2 rings (SSSR count). The molecule has 0 aliphatic carbocycles. The average molecular weight is 357 g/mol. The predicted molar refractivity (Wildman–Crippen MR) is 97.4 cm³/mol. The highest BCUT2D eigenvalue weighted by molar-refractivity contribution is 7.07. The van der Waals surface area contributed by atoms with E-state index in [0.717, 1.165) is 23.5 Å². The van der Waals surface area contributed by atoms with Crippen molar-refractivity contribution in [3.63, 3.8) is 0 Å². The molecule has 2 aromatic rings. The van der Waals surface area contributed by atoms with E-state index >= 15 is 0 Å². The highest BCUT2D eigenvalue weighted by atomic mass is 35.5. The first-order valence-corrected chi connectivity index (χ1v) is 9.18. The van der Waals surface area contributed by atoms with Crippen LogP contribution in [0.1, 0.15) is 33.4 Å². The topological polar surface area (TPSA) is 17.3 Å². The minimum Gasteiger partial charge on any atom is -0.321 e. The van der Waals surface area contributed by atoms with Gasteiger partial charge in [0, 0.05) is 17.6 Å². The van der Waals surface area contributed by atoms with Crippen LogP contribution in [-0.4, -0.2) is 4.57 Å². The highest BCUT2D eigenvalue weighted by Gasteiger charge is 2.10.